The van der Waals surface area contributed by atoms with E-state index in [0.717, 1.165) is 31.8 Å². The molecule has 0 radical (unpaired) electrons. The summed E-state index contributed by atoms with van der Waals surface area (Å²) in [5.74, 6) is 0. The molecule has 0 atom stereocenters. The molecule has 3 nitrogen and oxygen atoms in total. The van der Waals surface area contributed by atoms with Crippen molar-refractivity contribution in [2.75, 3.05) is 6.54 Å². The summed E-state index contributed by atoms with van der Waals surface area (Å²) in [4.78, 5) is 0. The van der Waals surface area contributed by atoms with Gasteiger partial charge >= 0.3 is 0 Å². The molecule has 3 heteroatoms. The lowest BCUT2D eigenvalue weighted by atomic mass is 9.78. The quantitative estimate of drug-likeness (QED) is 0.694. The van der Waals surface area contributed by atoms with E-state index in [1.54, 1.807) is 0 Å². The van der Waals surface area contributed by atoms with Gasteiger partial charge in [-0.05, 0) is 56.4 Å². The van der Waals surface area contributed by atoms with E-state index in [1.165, 1.54) is 31.4 Å². The van der Waals surface area contributed by atoms with Gasteiger partial charge in [0.1, 0.15) is 0 Å². The smallest absolute Gasteiger partial charge is 0.0630 e. The molecule has 2 rings (SSSR count). The van der Waals surface area contributed by atoms with Crippen LogP contribution in [0.3, 0.4) is 0 Å². The fraction of sp³-hybridized carbons (Fsp3) is 0.833. The summed E-state index contributed by atoms with van der Waals surface area (Å²) in [6.45, 7) is 10.3. The fourth-order valence-electron chi connectivity index (χ4n) is 3.18. The van der Waals surface area contributed by atoms with Gasteiger partial charge in [-0.15, -0.1) is 0 Å². The van der Waals surface area contributed by atoms with Crippen LogP contribution in [0.15, 0.2) is 12.3 Å². The average Bonchev–Trinajstić information content (AvgIpc) is 3.24. The number of nitrogens with zero attached hydrogens (tertiary/aromatic N) is 2. The summed E-state index contributed by atoms with van der Waals surface area (Å²) in [6, 6.07) is 3.58. The molecular weight excluding hydrogens is 258 g/mol. The van der Waals surface area contributed by atoms with Gasteiger partial charge in [-0.2, -0.15) is 5.10 Å². The van der Waals surface area contributed by atoms with E-state index in [4.69, 9.17) is 5.10 Å². The summed E-state index contributed by atoms with van der Waals surface area (Å²) < 4.78 is 2.18. The van der Waals surface area contributed by atoms with E-state index in [1.807, 2.05) is 0 Å². The van der Waals surface area contributed by atoms with Gasteiger partial charge < -0.3 is 5.32 Å². The van der Waals surface area contributed by atoms with Crippen molar-refractivity contribution < 1.29 is 0 Å². The summed E-state index contributed by atoms with van der Waals surface area (Å²) in [5.41, 5.74) is 1.64. The summed E-state index contributed by atoms with van der Waals surface area (Å²) in [5, 5.41) is 8.60. The number of rotatable bonds is 10. The molecule has 0 spiro atoms. The SMILES string of the molecule is CCC(CC)n1ccc(CC(CC)(CC)CNC2CC2)n1. The minimum Gasteiger partial charge on any atom is -0.313 e. The Morgan fingerprint density at radius 1 is 1.24 bits per heavy atom. The molecule has 0 saturated heterocycles. The molecule has 0 aromatic carbocycles. The van der Waals surface area contributed by atoms with Crippen LogP contribution in [0.1, 0.15) is 78.0 Å². The standard InChI is InChI=1S/C18H33N3/c1-5-17(6-2)21-12-11-16(20-21)13-18(7-3,8-4)14-19-15-9-10-15/h11-12,15,17,19H,5-10,13-14H2,1-4H3. The predicted octanol–water partition coefficient (Wildman–Crippen LogP) is 4.35. The number of hydrogen-bond acceptors (Lipinski definition) is 2. The molecule has 120 valence electrons. The summed E-state index contributed by atoms with van der Waals surface area (Å²) in [6.07, 6.45) is 10.8. The van der Waals surface area contributed by atoms with Gasteiger partial charge in [-0.25, -0.2) is 0 Å². The van der Waals surface area contributed by atoms with Crippen molar-refractivity contribution in [2.45, 2.75) is 84.7 Å². The Kier molecular flexibility index (Phi) is 5.86. The molecule has 0 bridgehead atoms. The van der Waals surface area contributed by atoms with Crippen molar-refractivity contribution >= 4 is 0 Å². The van der Waals surface area contributed by atoms with Crippen molar-refractivity contribution in [2.24, 2.45) is 5.41 Å². The number of aromatic nitrogens is 2. The lowest BCUT2D eigenvalue weighted by Gasteiger charge is -2.31. The lowest BCUT2D eigenvalue weighted by molar-refractivity contribution is 0.242. The molecular formula is C18H33N3. The van der Waals surface area contributed by atoms with E-state index in [-0.39, 0.29) is 0 Å². The first-order valence-corrected chi connectivity index (χ1v) is 8.93. The van der Waals surface area contributed by atoms with Crippen LogP contribution in [0.4, 0.5) is 0 Å². The van der Waals surface area contributed by atoms with Crippen LogP contribution in [-0.4, -0.2) is 22.4 Å². The van der Waals surface area contributed by atoms with Gasteiger partial charge in [0.2, 0.25) is 0 Å². The molecule has 0 aliphatic heterocycles. The van der Waals surface area contributed by atoms with E-state index in [2.05, 4.69) is 50.0 Å². The summed E-state index contributed by atoms with van der Waals surface area (Å²) in [7, 11) is 0. The highest BCUT2D eigenvalue weighted by atomic mass is 15.3. The van der Waals surface area contributed by atoms with Gasteiger partial charge in [0.05, 0.1) is 11.7 Å². The molecule has 1 heterocycles. The first-order chi connectivity index (χ1) is 10.2. The summed E-state index contributed by atoms with van der Waals surface area (Å²) >= 11 is 0. The zero-order chi connectivity index (χ0) is 15.3. The Labute approximate surface area is 130 Å². The highest BCUT2D eigenvalue weighted by Crippen LogP contribution is 2.32. The monoisotopic (exact) mass is 291 g/mol. The molecule has 1 aliphatic rings. The van der Waals surface area contributed by atoms with Crippen molar-refractivity contribution in [1.29, 1.82) is 0 Å². The van der Waals surface area contributed by atoms with Crippen LogP contribution in [0.5, 0.6) is 0 Å². The van der Waals surface area contributed by atoms with Gasteiger partial charge in [0.25, 0.3) is 0 Å². The molecule has 0 amide bonds. The Hall–Kier alpha value is -0.830. The van der Waals surface area contributed by atoms with E-state index in [9.17, 15) is 0 Å². The molecule has 0 unspecified atom stereocenters. The molecule has 1 aromatic rings. The molecule has 1 saturated carbocycles. The number of hydrogen-bond donors (Lipinski definition) is 1. The maximum absolute atomic E-state index is 4.86. The van der Waals surface area contributed by atoms with Crippen LogP contribution < -0.4 is 5.32 Å². The van der Waals surface area contributed by atoms with Gasteiger partial charge in [0, 0.05) is 18.8 Å². The van der Waals surface area contributed by atoms with Gasteiger partial charge in [0.15, 0.2) is 0 Å². The number of nitrogens with one attached hydrogen (secondary N) is 1. The zero-order valence-electron chi connectivity index (χ0n) is 14.4. The van der Waals surface area contributed by atoms with Crippen LogP contribution in [0, 0.1) is 5.41 Å². The van der Waals surface area contributed by atoms with Crippen molar-refractivity contribution in [1.82, 2.24) is 15.1 Å². The maximum atomic E-state index is 4.86. The Morgan fingerprint density at radius 3 is 2.43 bits per heavy atom. The normalized spacial score (nSPS) is 15.9. The first-order valence-electron chi connectivity index (χ1n) is 8.93. The maximum Gasteiger partial charge on any atom is 0.0630 e. The van der Waals surface area contributed by atoms with Gasteiger partial charge in [-0.3, -0.25) is 4.68 Å². The first kappa shape index (κ1) is 16.5. The molecule has 1 aromatic heterocycles. The van der Waals surface area contributed by atoms with Gasteiger partial charge in [-0.1, -0.05) is 27.7 Å². The zero-order valence-corrected chi connectivity index (χ0v) is 14.4. The Balaban J connectivity index is 2.01. The van der Waals surface area contributed by atoms with Crippen LogP contribution in [0.25, 0.3) is 0 Å². The lowest BCUT2D eigenvalue weighted by Crippen LogP contribution is -2.36. The molecule has 1 N–H and O–H groups in total. The molecule has 1 fully saturated rings. The molecule has 21 heavy (non-hydrogen) atoms. The largest absolute Gasteiger partial charge is 0.313 e. The second-order valence-corrected chi connectivity index (χ2v) is 6.80. The van der Waals surface area contributed by atoms with Crippen LogP contribution >= 0.6 is 0 Å². The van der Waals surface area contributed by atoms with E-state index >= 15 is 0 Å². The Morgan fingerprint density at radius 2 is 1.90 bits per heavy atom. The van der Waals surface area contributed by atoms with Crippen molar-refractivity contribution in [3.8, 4) is 0 Å². The average molecular weight is 291 g/mol. The minimum absolute atomic E-state index is 0.371. The van der Waals surface area contributed by atoms with Crippen LogP contribution in [0.2, 0.25) is 0 Å². The second-order valence-electron chi connectivity index (χ2n) is 6.80. The highest BCUT2D eigenvalue weighted by Gasteiger charge is 2.30. The van der Waals surface area contributed by atoms with Crippen molar-refractivity contribution in [3.05, 3.63) is 18.0 Å². The third kappa shape index (κ3) is 4.32. The topological polar surface area (TPSA) is 29.9 Å². The van der Waals surface area contributed by atoms with Crippen LogP contribution in [-0.2, 0) is 6.42 Å². The third-order valence-corrected chi connectivity index (χ3v) is 5.38. The minimum atomic E-state index is 0.371. The second kappa shape index (κ2) is 7.44. The highest BCUT2D eigenvalue weighted by molar-refractivity contribution is 5.05. The Bertz CT molecular complexity index is 412. The van der Waals surface area contributed by atoms with E-state index < -0.39 is 0 Å². The fourth-order valence-corrected chi connectivity index (χ4v) is 3.18. The van der Waals surface area contributed by atoms with E-state index in [0.29, 0.717) is 11.5 Å². The third-order valence-electron chi connectivity index (χ3n) is 5.38. The molecule has 1 aliphatic carbocycles. The predicted molar refractivity (Wildman–Crippen MR) is 89.6 cm³/mol. The van der Waals surface area contributed by atoms with Crippen molar-refractivity contribution in [3.63, 3.8) is 0 Å².